The Kier molecular flexibility index (Phi) is 7.29. The Morgan fingerprint density at radius 1 is 1.27 bits per heavy atom. The average molecular weight is 413 g/mol. The summed E-state index contributed by atoms with van der Waals surface area (Å²) in [6.07, 6.45) is 1.68. The number of nitrogens with one attached hydrogen (secondary N) is 1. The second-order valence-electron chi connectivity index (χ2n) is 7.80. The molecule has 162 valence electrons. The molecule has 2 heterocycles. The Hall–Kier alpha value is -2.64. The number of amides is 2. The monoisotopic (exact) mass is 412 g/mol. The van der Waals surface area contributed by atoms with Crippen LogP contribution in [0.5, 0.6) is 0 Å². The van der Waals surface area contributed by atoms with Crippen LogP contribution in [0.25, 0.3) is 0 Å². The van der Waals surface area contributed by atoms with Gasteiger partial charge < -0.3 is 15.0 Å². The first-order chi connectivity index (χ1) is 14.5. The molecule has 0 spiro atoms. The van der Waals surface area contributed by atoms with Crippen molar-refractivity contribution in [3.63, 3.8) is 0 Å². The molecule has 1 unspecified atom stereocenters. The third kappa shape index (κ3) is 4.74. The third-order valence-corrected chi connectivity index (χ3v) is 5.71. The van der Waals surface area contributed by atoms with Crippen LogP contribution < -0.4 is 5.32 Å². The Morgan fingerprint density at radius 3 is 2.60 bits per heavy atom. The first-order valence-electron chi connectivity index (χ1n) is 10.5. The van der Waals surface area contributed by atoms with E-state index in [9.17, 15) is 9.59 Å². The van der Waals surface area contributed by atoms with Crippen molar-refractivity contribution >= 4 is 12.0 Å². The number of aryl methyl sites for hydroxylation is 1. The Balaban J connectivity index is 2.09. The number of benzene rings is 1. The van der Waals surface area contributed by atoms with Gasteiger partial charge in [0.15, 0.2) is 0 Å². The zero-order valence-corrected chi connectivity index (χ0v) is 18.2. The number of hydrogen-bond acceptors (Lipinski definition) is 5. The predicted molar refractivity (Wildman–Crippen MR) is 117 cm³/mol. The molecule has 0 aliphatic carbocycles. The van der Waals surface area contributed by atoms with Crippen LogP contribution in [0.4, 0.5) is 4.79 Å². The summed E-state index contributed by atoms with van der Waals surface area (Å²) in [7, 11) is 2.10. The molecule has 2 amide bonds. The topological polar surface area (TPSA) is 65.1 Å². The van der Waals surface area contributed by atoms with Crippen LogP contribution in [-0.2, 0) is 9.53 Å². The fraction of sp³-hybridized carbons (Fsp3) is 0.478. The summed E-state index contributed by atoms with van der Waals surface area (Å²) in [6, 6.07) is 7.05. The van der Waals surface area contributed by atoms with Crippen LogP contribution in [0.2, 0.25) is 0 Å². The first-order valence-corrected chi connectivity index (χ1v) is 10.5. The van der Waals surface area contributed by atoms with Gasteiger partial charge in [0.25, 0.3) is 0 Å². The van der Waals surface area contributed by atoms with Gasteiger partial charge in [0.2, 0.25) is 0 Å². The van der Waals surface area contributed by atoms with Gasteiger partial charge in [-0.1, -0.05) is 30.3 Å². The molecule has 2 aliphatic rings. The molecule has 1 saturated heterocycles. The van der Waals surface area contributed by atoms with E-state index in [1.54, 1.807) is 17.9 Å². The van der Waals surface area contributed by atoms with E-state index in [2.05, 4.69) is 28.7 Å². The average Bonchev–Trinajstić information content (AvgIpc) is 2.72. The minimum Gasteiger partial charge on any atom is -0.463 e. The van der Waals surface area contributed by atoms with E-state index in [1.807, 2.05) is 31.2 Å². The molecule has 1 atom stereocenters. The second kappa shape index (κ2) is 9.91. The highest BCUT2D eigenvalue weighted by molar-refractivity contribution is 5.95. The maximum absolute atomic E-state index is 13.1. The zero-order valence-electron chi connectivity index (χ0n) is 18.2. The van der Waals surface area contributed by atoms with Crippen molar-refractivity contribution in [2.45, 2.75) is 19.9 Å². The highest BCUT2D eigenvalue weighted by Crippen LogP contribution is 2.33. The minimum atomic E-state index is -0.540. The molecule has 1 N–H and O–H groups in total. The van der Waals surface area contributed by atoms with Crippen LogP contribution in [-0.4, -0.2) is 79.6 Å². The van der Waals surface area contributed by atoms with Crippen molar-refractivity contribution in [3.05, 3.63) is 59.3 Å². The third-order valence-electron chi connectivity index (χ3n) is 5.71. The smallest absolute Gasteiger partial charge is 0.338 e. The van der Waals surface area contributed by atoms with E-state index in [-0.39, 0.29) is 18.6 Å². The van der Waals surface area contributed by atoms with Crippen molar-refractivity contribution in [2.75, 3.05) is 52.9 Å². The maximum Gasteiger partial charge on any atom is 0.338 e. The number of urea groups is 1. The van der Waals surface area contributed by atoms with Crippen molar-refractivity contribution in [2.24, 2.45) is 0 Å². The van der Waals surface area contributed by atoms with Gasteiger partial charge in [0.05, 0.1) is 18.2 Å². The van der Waals surface area contributed by atoms with Gasteiger partial charge in [-0.25, -0.2) is 9.59 Å². The molecule has 7 nitrogen and oxygen atoms in total. The van der Waals surface area contributed by atoms with Gasteiger partial charge in [-0.3, -0.25) is 9.80 Å². The van der Waals surface area contributed by atoms with Crippen molar-refractivity contribution in [1.82, 2.24) is 20.0 Å². The summed E-state index contributed by atoms with van der Waals surface area (Å²) >= 11 is 0. The molecule has 2 aliphatic heterocycles. The number of esters is 1. The highest BCUT2D eigenvalue weighted by atomic mass is 16.5. The van der Waals surface area contributed by atoms with Gasteiger partial charge in [-0.15, -0.1) is 6.58 Å². The molecular weight excluding hydrogens is 380 g/mol. The standard InChI is InChI=1S/C23H32N4O3/c1-5-11-27-19(16-26-14-12-25(4)13-15-26)20(22(28)30-6-2)21(24-23(27)29)18-10-8-7-9-17(18)3/h5,7-10,21H,1,6,11-16H2,2-4H3,(H,24,29). The molecule has 1 aromatic rings. The summed E-state index contributed by atoms with van der Waals surface area (Å²) < 4.78 is 5.44. The van der Waals surface area contributed by atoms with Crippen LogP contribution in [0.1, 0.15) is 24.1 Å². The number of likely N-dealkylation sites (N-methyl/N-ethyl adjacent to an activating group) is 1. The lowest BCUT2D eigenvalue weighted by molar-refractivity contribution is -0.139. The lowest BCUT2D eigenvalue weighted by Crippen LogP contribution is -2.53. The SMILES string of the molecule is C=CCN1C(=O)NC(c2ccccc2C)C(C(=O)OCC)=C1CN1CCN(C)CC1. The molecule has 0 aromatic heterocycles. The van der Waals surface area contributed by atoms with E-state index in [1.165, 1.54) is 0 Å². The number of carbonyl (C=O) groups excluding carboxylic acids is 2. The fourth-order valence-electron chi connectivity index (χ4n) is 4.01. The zero-order chi connectivity index (χ0) is 21.7. The molecule has 0 radical (unpaired) electrons. The lowest BCUT2D eigenvalue weighted by atomic mass is 9.91. The second-order valence-corrected chi connectivity index (χ2v) is 7.80. The van der Waals surface area contributed by atoms with Crippen molar-refractivity contribution in [1.29, 1.82) is 0 Å². The van der Waals surface area contributed by atoms with Gasteiger partial charge in [-0.2, -0.15) is 0 Å². The lowest BCUT2D eigenvalue weighted by Gasteiger charge is -2.40. The van der Waals surface area contributed by atoms with Gasteiger partial charge in [0.1, 0.15) is 0 Å². The van der Waals surface area contributed by atoms with Crippen LogP contribution in [0.3, 0.4) is 0 Å². The first kappa shape index (κ1) is 22.1. The Morgan fingerprint density at radius 2 is 1.97 bits per heavy atom. The van der Waals surface area contributed by atoms with Crippen LogP contribution >= 0.6 is 0 Å². The summed E-state index contributed by atoms with van der Waals surface area (Å²) in [4.78, 5) is 32.4. The van der Waals surface area contributed by atoms with Gasteiger partial charge in [0, 0.05) is 45.0 Å². The molecular formula is C23H32N4O3. The molecule has 3 rings (SSSR count). The van der Waals surface area contributed by atoms with Crippen LogP contribution in [0, 0.1) is 6.92 Å². The molecule has 1 fully saturated rings. The minimum absolute atomic E-state index is 0.222. The number of rotatable bonds is 7. The summed E-state index contributed by atoms with van der Waals surface area (Å²) in [6.45, 7) is 12.4. The fourth-order valence-corrected chi connectivity index (χ4v) is 4.01. The van der Waals surface area contributed by atoms with E-state index in [0.717, 1.165) is 37.3 Å². The summed E-state index contributed by atoms with van der Waals surface area (Å²) in [5, 5.41) is 3.03. The number of piperazine rings is 1. The molecule has 0 saturated carbocycles. The van der Waals surface area contributed by atoms with E-state index in [4.69, 9.17) is 4.74 Å². The van der Waals surface area contributed by atoms with Gasteiger partial charge >= 0.3 is 12.0 Å². The number of nitrogens with zero attached hydrogens (tertiary/aromatic N) is 3. The molecule has 1 aromatic carbocycles. The van der Waals surface area contributed by atoms with E-state index in [0.29, 0.717) is 24.4 Å². The molecule has 0 bridgehead atoms. The van der Waals surface area contributed by atoms with E-state index >= 15 is 0 Å². The Bertz CT molecular complexity index is 827. The van der Waals surface area contributed by atoms with Crippen molar-refractivity contribution < 1.29 is 14.3 Å². The predicted octanol–water partition coefficient (Wildman–Crippen LogP) is 2.31. The van der Waals surface area contributed by atoms with Crippen molar-refractivity contribution in [3.8, 4) is 0 Å². The normalized spacial score (nSPS) is 20.8. The Labute approximate surface area is 179 Å². The van der Waals surface area contributed by atoms with Gasteiger partial charge in [-0.05, 0) is 32.0 Å². The molecule has 30 heavy (non-hydrogen) atoms. The summed E-state index contributed by atoms with van der Waals surface area (Å²) in [5.74, 6) is -0.385. The largest absolute Gasteiger partial charge is 0.463 e. The summed E-state index contributed by atoms with van der Waals surface area (Å²) in [5.41, 5.74) is 3.13. The number of carbonyl (C=O) groups is 2. The number of hydrogen-bond donors (Lipinski definition) is 1. The maximum atomic E-state index is 13.1. The quantitative estimate of drug-likeness (QED) is 0.550. The molecule has 7 heteroatoms. The highest BCUT2D eigenvalue weighted by Gasteiger charge is 2.39. The number of ether oxygens (including phenoxy) is 1. The van der Waals surface area contributed by atoms with E-state index < -0.39 is 6.04 Å². The van der Waals surface area contributed by atoms with Crippen LogP contribution in [0.15, 0.2) is 48.2 Å².